The minimum Gasteiger partial charge on any atom is -0.245 e. The topological polar surface area (TPSA) is 48.9 Å². The van der Waals surface area contributed by atoms with Crippen molar-refractivity contribution in [2.45, 2.75) is 17.8 Å². The zero-order valence-electron chi connectivity index (χ0n) is 11.5. The maximum atomic E-state index is 15.2. The van der Waals surface area contributed by atoms with Gasteiger partial charge in [0.2, 0.25) is 0 Å². The summed E-state index contributed by atoms with van der Waals surface area (Å²) in [6.45, 7) is 0. The van der Waals surface area contributed by atoms with Crippen molar-refractivity contribution in [3.05, 3.63) is 51.3 Å². The van der Waals surface area contributed by atoms with E-state index in [-0.39, 0.29) is 29.3 Å². The normalized spacial score (nSPS) is 50.1. The monoisotopic (exact) mass is 297 g/mol. The SMILES string of the molecule is O=c1n(-c2ccccc2)c(=O)n2n1[C@H]1[C@@H]3[C@@H]4[C@@H]3[C@H]2[C@@]2(F)[C@H]1[C@H]42. The third-order valence-corrected chi connectivity index (χ3v) is 7.05. The molecule has 1 aromatic heterocycles. The molecule has 4 saturated carbocycles. The summed E-state index contributed by atoms with van der Waals surface area (Å²) in [5.74, 6) is 1.28. The van der Waals surface area contributed by atoms with Crippen molar-refractivity contribution in [2.24, 2.45) is 29.6 Å². The predicted octanol–water partition coefficient (Wildman–Crippen LogP) is 0.740. The number of nitrogens with zero attached hydrogens (tertiary/aromatic N) is 3. The van der Waals surface area contributed by atoms with Crippen molar-refractivity contribution in [1.29, 1.82) is 0 Å². The molecule has 1 aromatic carbocycles. The zero-order chi connectivity index (χ0) is 14.5. The van der Waals surface area contributed by atoms with Crippen LogP contribution in [0.5, 0.6) is 0 Å². The summed E-state index contributed by atoms with van der Waals surface area (Å²) in [5, 5.41) is 0. The molecule has 8 atom stereocenters. The summed E-state index contributed by atoms with van der Waals surface area (Å²) in [6.07, 6.45) is 0. The maximum absolute atomic E-state index is 15.2. The lowest BCUT2D eigenvalue weighted by Crippen LogP contribution is -2.49. The molecule has 5 nitrogen and oxygen atoms in total. The standard InChI is InChI=1S/C16H12FN3O2/c17-16-10-7-8-9(7)13(16)20-15(22)18(6-4-2-1-3-5-6)14(21)19(20)12(8)11(10)16/h1-5,7-13H/t7-,8-,9+,10+,11+,12+,13+,16+/m1/s1. The van der Waals surface area contributed by atoms with Gasteiger partial charge in [0.25, 0.3) is 0 Å². The summed E-state index contributed by atoms with van der Waals surface area (Å²) < 4.78 is 19.5. The zero-order valence-corrected chi connectivity index (χ0v) is 11.5. The highest BCUT2D eigenvalue weighted by Gasteiger charge is 2.98. The summed E-state index contributed by atoms with van der Waals surface area (Å²) in [4.78, 5) is 25.7. The molecule has 6 heteroatoms. The number of halogens is 1. The molecule has 6 aliphatic rings. The van der Waals surface area contributed by atoms with Crippen LogP contribution in [0.25, 0.3) is 5.69 Å². The van der Waals surface area contributed by atoms with Gasteiger partial charge < -0.3 is 0 Å². The molecule has 0 unspecified atom stereocenters. The van der Waals surface area contributed by atoms with E-state index in [0.717, 1.165) is 0 Å². The average molecular weight is 297 g/mol. The number of rotatable bonds is 1. The van der Waals surface area contributed by atoms with Crippen LogP contribution < -0.4 is 11.4 Å². The molecule has 0 spiro atoms. The van der Waals surface area contributed by atoms with Gasteiger partial charge in [0.1, 0.15) is 5.67 Å². The van der Waals surface area contributed by atoms with Gasteiger partial charge in [-0.25, -0.2) is 27.9 Å². The molecule has 0 radical (unpaired) electrons. The van der Waals surface area contributed by atoms with Gasteiger partial charge in [-0.15, -0.1) is 0 Å². The molecule has 0 saturated heterocycles. The molecule has 2 aliphatic heterocycles. The molecule has 4 fully saturated rings. The first-order chi connectivity index (χ1) is 10.7. The Morgan fingerprint density at radius 1 is 0.909 bits per heavy atom. The Bertz CT molecular complexity index is 1000. The molecular formula is C16H12FN3O2. The van der Waals surface area contributed by atoms with Gasteiger partial charge in [-0.2, -0.15) is 0 Å². The Labute approximate surface area is 123 Å². The van der Waals surface area contributed by atoms with E-state index in [1.807, 2.05) is 6.07 Å². The first-order valence-corrected chi connectivity index (χ1v) is 7.88. The Hall–Kier alpha value is -2.11. The highest BCUT2D eigenvalue weighted by atomic mass is 19.1. The van der Waals surface area contributed by atoms with E-state index < -0.39 is 11.7 Å². The Morgan fingerprint density at radius 2 is 1.64 bits per heavy atom. The van der Waals surface area contributed by atoms with Crippen molar-refractivity contribution in [2.75, 3.05) is 0 Å². The second kappa shape index (κ2) is 2.64. The number of para-hydroxylation sites is 1. The summed E-state index contributed by atoms with van der Waals surface area (Å²) in [6, 6.07) is 8.45. The molecule has 2 aromatic rings. The van der Waals surface area contributed by atoms with Gasteiger partial charge in [0.05, 0.1) is 17.8 Å². The Balaban J connectivity index is 1.59. The first-order valence-electron chi connectivity index (χ1n) is 7.88. The number of benzene rings is 1. The first kappa shape index (κ1) is 10.6. The quantitative estimate of drug-likeness (QED) is 0.779. The highest BCUT2D eigenvalue weighted by molar-refractivity contribution is 5.45. The van der Waals surface area contributed by atoms with Crippen LogP contribution in [-0.2, 0) is 0 Å². The van der Waals surface area contributed by atoms with Crippen molar-refractivity contribution in [3.63, 3.8) is 0 Å². The van der Waals surface area contributed by atoms with E-state index in [1.165, 1.54) is 9.25 Å². The number of alkyl halides is 1. The lowest BCUT2D eigenvalue weighted by atomic mass is 9.87. The molecule has 110 valence electrons. The van der Waals surface area contributed by atoms with Crippen molar-refractivity contribution in [1.82, 2.24) is 13.9 Å². The van der Waals surface area contributed by atoms with Crippen LogP contribution in [0.4, 0.5) is 4.39 Å². The van der Waals surface area contributed by atoms with Crippen LogP contribution in [0.15, 0.2) is 39.9 Å². The molecule has 4 aliphatic carbocycles. The van der Waals surface area contributed by atoms with Crippen molar-refractivity contribution >= 4 is 0 Å². The van der Waals surface area contributed by atoms with Gasteiger partial charge in [-0.05, 0) is 29.9 Å². The minimum atomic E-state index is -1.20. The summed E-state index contributed by atoms with van der Waals surface area (Å²) in [7, 11) is 0. The second-order valence-electron chi connectivity index (χ2n) is 7.47. The number of hydrogen-bond acceptors (Lipinski definition) is 2. The lowest BCUT2D eigenvalue weighted by molar-refractivity contribution is 0.0263. The molecule has 8 rings (SSSR count). The van der Waals surface area contributed by atoms with Gasteiger partial charge in [0, 0.05) is 11.8 Å². The van der Waals surface area contributed by atoms with E-state index in [0.29, 0.717) is 23.4 Å². The molecule has 0 N–H and O–H groups in total. The molecule has 22 heavy (non-hydrogen) atoms. The van der Waals surface area contributed by atoms with Gasteiger partial charge >= 0.3 is 11.4 Å². The molecule has 0 amide bonds. The third kappa shape index (κ3) is 0.725. The summed E-state index contributed by atoms with van der Waals surface area (Å²) >= 11 is 0. The van der Waals surface area contributed by atoms with Gasteiger partial charge in [0.15, 0.2) is 0 Å². The van der Waals surface area contributed by atoms with Crippen LogP contribution in [0.1, 0.15) is 12.1 Å². The fourth-order valence-corrected chi connectivity index (χ4v) is 6.57. The fourth-order valence-electron chi connectivity index (χ4n) is 6.57. The van der Waals surface area contributed by atoms with Crippen LogP contribution in [0, 0.1) is 29.6 Å². The van der Waals surface area contributed by atoms with E-state index in [4.69, 9.17) is 0 Å². The van der Waals surface area contributed by atoms with E-state index in [2.05, 4.69) is 0 Å². The van der Waals surface area contributed by atoms with E-state index >= 15 is 4.39 Å². The smallest absolute Gasteiger partial charge is 0.245 e. The largest absolute Gasteiger partial charge is 0.352 e. The average Bonchev–Trinajstić information content (AvgIpc) is 3.26. The molecule has 3 heterocycles. The number of aromatic nitrogens is 3. The second-order valence-corrected chi connectivity index (χ2v) is 7.47. The van der Waals surface area contributed by atoms with Crippen LogP contribution in [-0.4, -0.2) is 19.6 Å². The summed E-state index contributed by atoms with van der Waals surface area (Å²) in [5.41, 5.74) is -1.31. The highest BCUT2D eigenvalue weighted by Crippen LogP contribution is 2.94. The fraction of sp³-hybridized carbons (Fsp3) is 0.500. The molecular weight excluding hydrogens is 285 g/mol. The lowest BCUT2D eigenvalue weighted by Gasteiger charge is -2.39. The predicted molar refractivity (Wildman–Crippen MR) is 73.7 cm³/mol. The number of hydrogen-bond donors (Lipinski definition) is 0. The van der Waals surface area contributed by atoms with Crippen LogP contribution >= 0.6 is 0 Å². The van der Waals surface area contributed by atoms with Crippen LogP contribution in [0.3, 0.4) is 0 Å². The van der Waals surface area contributed by atoms with E-state index in [9.17, 15) is 9.59 Å². The third-order valence-electron chi connectivity index (χ3n) is 7.05. The van der Waals surface area contributed by atoms with Crippen molar-refractivity contribution < 1.29 is 4.39 Å². The molecule has 2 bridgehead atoms. The van der Waals surface area contributed by atoms with Crippen molar-refractivity contribution in [3.8, 4) is 5.69 Å². The minimum absolute atomic E-state index is 0.0128. The Kier molecular flexibility index (Phi) is 1.27. The van der Waals surface area contributed by atoms with Gasteiger partial charge in [-0.3, -0.25) is 0 Å². The maximum Gasteiger partial charge on any atom is 0.352 e. The van der Waals surface area contributed by atoms with E-state index in [1.54, 1.807) is 28.9 Å². The Morgan fingerprint density at radius 3 is 2.32 bits per heavy atom. The van der Waals surface area contributed by atoms with Crippen LogP contribution in [0.2, 0.25) is 0 Å². The van der Waals surface area contributed by atoms with Gasteiger partial charge in [-0.1, -0.05) is 18.2 Å².